The maximum atomic E-state index is 10.9. The Morgan fingerprint density at radius 2 is 1.21 bits per heavy atom. The van der Waals surface area contributed by atoms with E-state index in [4.69, 9.17) is 0 Å². The van der Waals surface area contributed by atoms with Crippen LogP contribution in [0.1, 0.15) is 12.8 Å². The fraction of sp³-hybridized carbons (Fsp3) is 0.750. The zero-order valence-electron chi connectivity index (χ0n) is 7.95. The molecule has 0 aliphatic rings. The topological polar surface area (TPSA) is 58.2 Å². The van der Waals surface area contributed by atoms with E-state index >= 15 is 0 Å². The van der Waals surface area contributed by atoms with Crippen LogP contribution >= 0.6 is 25.3 Å². The molecule has 0 aromatic carbocycles. The van der Waals surface area contributed by atoms with Crippen molar-refractivity contribution in [1.82, 2.24) is 10.6 Å². The molecular weight excluding hydrogens is 220 g/mol. The number of carbonyl (C=O) groups is 2. The molecule has 2 N–H and O–H groups in total. The molecule has 0 unspecified atom stereocenters. The summed E-state index contributed by atoms with van der Waals surface area (Å²) in [5.41, 5.74) is 0. The predicted molar refractivity (Wildman–Crippen MR) is 63.0 cm³/mol. The Balaban J connectivity index is 3.28. The minimum atomic E-state index is -0.0385. The van der Waals surface area contributed by atoms with Gasteiger partial charge in [0.1, 0.15) is 0 Å². The molecular formula is C8H16N2O2S2. The van der Waals surface area contributed by atoms with Gasteiger partial charge in [-0.1, -0.05) is 0 Å². The highest BCUT2D eigenvalue weighted by molar-refractivity contribution is 7.80. The number of rotatable bonds is 7. The average molecular weight is 236 g/mol. The molecule has 2 amide bonds. The molecule has 0 bridgehead atoms. The Bertz CT molecular complexity index is 168. The average Bonchev–Trinajstić information content (AvgIpc) is 2.13. The van der Waals surface area contributed by atoms with Crippen molar-refractivity contribution in [2.24, 2.45) is 0 Å². The molecule has 0 aliphatic heterocycles. The van der Waals surface area contributed by atoms with Gasteiger partial charge in [-0.05, 0) is 11.5 Å². The van der Waals surface area contributed by atoms with Crippen molar-refractivity contribution in [1.29, 1.82) is 0 Å². The third-order valence-electron chi connectivity index (χ3n) is 1.45. The van der Waals surface area contributed by atoms with Crippen LogP contribution in [-0.2, 0) is 9.59 Å². The summed E-state index contributed by atoms with van der Waals surface area (Å²) in [5, 5.41) is 5.32. The quantitative estimate of drug-likeness (QED) is 0.367. The van der Waals surface area contributed by atoms with Gasteiger partial charge in [-0.3, -0.25) is 9.59 Å². The van der Waals surface area contributed by atoms with Crippen LogP contribution in [0.25, 0.3) is 0 Å². The molecule has 0 fully saturated rings. The maximum Gasteiger partial charge on any atom is 0.220 e. The minimum absolute atomic E-state index is 0.0385. The summed E-state index contributed by atoms with van der Waals surface area (Å²) in [6.07, 6.45) is 0.821. The van der Waals surface area contributed by atoms with E-state index in [-0.39, 0.29) is 11.8 Å². The van der Waals surface area contributed by atoms with Crippen LogP contribution in [0.3, 0.4) is 0 Å². The number of hydrogen-bond donors (Lipinski definition) is 4. The molecule has 0 atom stereocenters. The second kappa shape index (κ2) is 9.21. The molecule has 0 saturated carbocycles. The zero-order valence-corrected chi connectivity index (χ0v) is 9.74. The summed E-state index contributed by atoms with van der Waals surface area (Å²) in [5.74, 6) is 1.00. The van der Waals surface area contributed by atoms with Gasteiger partial charge in [0.25, 0.3) is 0 Å². The highest BCUT2D eigenvalue weighted by Gasteiger charge is 2.00. The molecule has 6 heteroatoms. The monoisotopic (exact) mass is 236 g/mol. The van der Waals surface area contributed by atoms with E-state index in [2.05, 4.69) is 35.9 Å². The first-order valence-electron chi connectivity index (χ1n) is 4.45. The smallest absolute Gasteiger partial charge is 0.220 e. The lowest BCUT2D eigenvalue weighted by Gasteiger charge is -2.05. The van der Waals surface area contributed by atoms with Crippen molar-refractivity contribution in [2.45, 2.75) is 12.8 Å². The second-order valence-electron chi connectivity index (χ2n) is 2.65. The lowest BCUT2D eigenvalue weighted by molar-refractivity contribution is -0.122. The van der Waals surface area contributed by atoms with Gasteiger partial charge in [-0.15, -0.1) is 0 Å². The molecule has 0 spiro atoms. The molecule has 14 heavy (non-hydrogen) atoms. The molecule has 4 nitrogen and oxygen atoms in total. The predicted octanol–water partition coefficient (Wildman–Crippen LogP) is -0.141. The number of amides is 2. The SMILES string of the molecule is O=C(CCS)NCCNC(=O)CCS. The largest absolute Gasteiger partial charge is 0.354 e. The Kier molecular flexibility index (Phi) is 8.97. The van der Waals surface area contributed by atoms with Crippen molar-refractivity contribution in [3.8, 4) is 0 Å². The van der Waals surface area contributed by atoms with Crippen LogP contribution < -0.4 is 10.6 Å². The van der Waals surface area contributed by atoms with Gasteiger partial charge in [0.05, 0.1) is 0 Å². The Labute approximate surface area is 95.0 Å². The third kappa shape index (κ3) is 8.25. The maximum absolute atomic E-state index is 10.9. The molecule has 0 saturated heterocycles. The lowest BCUT2D eigenvalue weighted by Crippen LogP contribution is -2.34. The minimum Gasteiger partial charge on any atom is -0.354 e. The van der Waals surface area contributed by atoms with E-state index in [9.17, 15) is 9.59 Å². The van der Waals surface area contributed by atoms with Crippen LogP contribution in [0, 0.1) is 0 Å². The van der Waals surface area contributed by atoms with Crippen LogP contribution in [0.2, 0.25) is 0 Å². The van der Waals surface area contributed by atoms with E-state index in [1.165, 1.54) is 0 Å². The van der Waals surface area contributed by atoms with E-state index in [0.717, 1.165) is 0 Å². The van der Waals surface area contributed by atoms with Gasteiger partial charge in [0.15, 0.2) is 0 Å². The second-order valence-corrected chi connectivity index (χ2v) is 3.54. The van der Waals surface area contributed by atoms with Gasteiger partial charge in [0.2, 0.25) is 11.8 Å². The molecule has 0 aromatic heterocycles. The first-order valence-corrected chi connectivity index (χ1v) is 5.72. The normalized spacial score (nSPS) is 9.57. The van der Waals surface area contributed by atoms with Gasteiger partial charge >= 0.3 is 0 Å². The third-order valence-corrected chi connectivity index (χ3v) is 1.89. The fourth-order valence-electron chi connectivity index (χ4n) is 0.784. The van der Waals surface area contributed by atoms with E-state index in [0.29, 0.717) is 37.4 Å². The van der Waals surface area contributed by atoms with Gasteiger partial charge in [0, 0.05) is 25.9 Å². The first kappa shape index (κ1) is 13.6. The van der Waals surface area contributed by atoms with E-state index in [1.807, 2.05) is 0 Å². The highest BCUT2D eigenvalue weighted by Crippen LogP contribution is 1.83. The van der Waals surface area contributed by atoms with Crippen molar-refractivity contribution in [3.05, 3.63) is 0 Å². The molecule has 0 aromatic rings. The number of hydrogen-bond acceptors (Lipinski definition) is 4. The summed E-state index contributed by atoms with van der Waals surface area (Å²) >= 11 is 7.85. The number of carbonyl (C=O) groups excluding carboxylic acids is 2. The van der Waals surface area contributed by atoms with Gasteiger partial charge in [-0.2, -0.15) is 25.3 Å². The number of thiol groups is 2. The Morgan fingerprint density at radius 3 is 1.50 bits per heavy atom. The molecule has 0 heterocycles. The highest BCUT2D eigenvalue weighted by atomic mass is 32.1. The van der Waals surface area contributed by atoms with Gasteiger partial charge in [-0.25, -0.2) is 0 Å². The molecule has 82 valence electrons. The van der Waals surface area contributed by atoms with Crippen LogP contribution in [0.4, 0.5) is 0 Å². The van der Waals surface area contributed by atoms with Crippen molar-refractivity contribution in [2.75, 3.05) is 24.6 Å². The van der Waals surface area contributed by atoms with E-state index in [1.54, 1.807) is 0 Å². The van der Waals surface area contributed by atoms with Crippen molar-refractivity contribution in [3.63, 3.8) is 0 Å². The summed E-state index contributed by atoms with van der Waals surface area (Å²) in [4.78, 5) is 21.9. The molecule has 0 radical (unpaired) electrons. The number of nitrogens with one attached hydrogen (secondary N) is 2. The van der Waals surface area contributed by atoms with Crippen molar-refractivity contribution < 1.29 is 9.59 Å². The summed E-state index contributed by atoms with van der Waals surface area (Å²) in [6.45, 7) is 0.926. The Hall–Kier alpha value is -0.360. The van der Waals surface area contributed by atoms with E-state index < -0.39 is 0 Å². The molecule has 0 aliphatic carbocycles. The Morgan fingerprint density at radius 1 is 0.857 bits per heavy atom. The zero-order chi connectivity index (χ0) is 10.8. The summed E-state index contributed by atoms with van der Waals surface area (Å²) < 4.78 is 0. The van der Waals surface area contributed by atoms with Crippen LogP contribution in [-0.4, -0.2) is 36.4 Å². The first-order chi connectivity index (χ1) is 6.70. The standard InChI is InChI=1S/C8H16N2O2S2/c11-7(1-5-13)9-3-4-10-8(12)2-6-14/h13-14H,1-6H2,(H,9,11)(H,10,12). The van der Waals surface area contributed by atoms with Crippen molar-refractivity contribution >= 4 is 37.1 Å². The van der Waals surface area contributed by atoms with Crippen LogP contribution in [0.5, 0.6) is 0 Å². The van der Waals surface area contributed by atoms with Gasteiger partial charge < -0.3 is 10.6 Å². The summed E-state index contributed by atoms with van der Waals surface area (Å²) in [6, 6.07) is 0. The molecule has 0 rings (SSSR count). The summed E-state index contributed by atoms with van der Waals surface area (Å²) in [7, 11) is 0. The van der Waals surface area contributed by atoms with Crippen LogP contribution in [0.15, 0.2) is 0 Å². The fourth-order valence-corrected chi connectivity index (χ4v) is 1.19. The lowest BCUT2D eigenvalue weighted by atomic mass is 10.4.